The quantitative estimate of drug-likeness (QED) is 0.435. The number of rotatable bonds is 4. The van der Waals surface area contributed by atoms with E-state index in [1.807, 2.05) is 49.0 Å². The molecule has 0 aliphatic carbocycles. The zero-order valence-corrected chi connectivity index (χ0v) is 20.0. The van der Waals surface area contributed by atoms with Crippen molar-refractivity contribution in [2.24, 2.45) is 0 Å². The van der Waals surface area contributed by atoms with E-state index in [9.17, 15) is 4.79 Å². The van der Waals surface area contributed by atoms with E-state index in [1.165, 1.54) is 0 Å². The number of likely N-dealkylation sites (N-methyl/N-ethyl adjacent to an activating group) is 1. The Morgan fingerprint density at radius 1 is 1.06 bits per heavy atom. The second-order valence-electron chi connectivity index (χ2n) is 9.83. The summed E-state index contributed by atoms with van der Waals surface area (Å²) in [7, 11) is 5.66. The molecule has 0 saturated carbocycles. The first-order chi connectivity index (χ1) is 15.7. The SMILES string of the molecule is COc1ccc2c(=O)n(CCN(C)C)c3c4cc5c(cc4nc(C(C)(C)C)c3c2c1)OCO5. The number of hydrogen-bond donors (Lipinski definition) is 0. The van der Waals surface area contributed by atoms with Gasteiger partial charge >= 0.3 is 0 Å². The van der Waals surface area contributed by atoms with E-state index < -0.39 is 0 Å². The fraction of sp³-hybridized carbons (Fsp3) is 0.385. The molecule has 172 valence electrons. The van der Waals surface area contributed by atoms with Gasteiger partial charge in [0.25, 0.3) is 5.56 Å². The predicted molar refractivity (Wildman–Crippen MR) is 131 cm³/mol. The van der Waals surface area contributed by atoms with Crippen LogP contribution in [0.25, 0.3) is 32.6 Å². The molecule has 33 heavy (non-hydrogen) atoms. The summed E-state index contributed by atoms with van der Waals surface area (Å²) in [6.07, 6.45) is 0. The Morgan fingerprint density at radius 3 is 2.45 bits per heavy atom. The molecule has 0 spiro atoms. The van der Waals surface area contributed by atoms with Crippen molar-refractivity contribution in [1.82, 2.24) is 14.5 Å². The average Bonchev–Trinajstić information content (AvgIpc) is 3.23. The Bertz CT molecular complexity index is 1460. The molecule has 0 amide bonds. The summed E-state index contributed by atoms with van der Waals surface area (Å²) in [5.74, 6) is 2.06. The Morgan fingerprint density at radius 2 is 1.79 bits per heavy atom. The molecule has 7 heteroatoms. The molecule has 5 rings (SSSR count). The summed E-state index contributed by atoms with van der Waals surface area (Å²) in [5.41, 5.74) is 2.31. The molecule has 1 aliphatic rings. The number of nitrogens with zero attached hydrogens (tertiary/aromatic N) is 3. The molecular formula is C26H29N3O4. The number of pyridine rings is 2. The van der Waals surface area contributed by atoms with Crippen LogP contribution in [0.4, 0.5) is 0 Å². The summed E-state index contributed by atoms with van der Waals surface area (Å²) in [4.78, 5) is 21.0. The van der Waals surface area contributed by atoms with Crippen molar-refractivity contribution < 1.29 is 14.2 Å². The Balaban J connectivity index is 2.05. The van der Waals surface area contributed by atoms with Crippen LogP contribution in [-0.2, 0) is 12.0 Å². The van der Waals surface area contributed by atoms with Gasteiger partial charge in [0.05, 0.1) is 23.8 Å². The van der Waals surface area contributed by atoms with Crippen LogP contribution in [0.15, 0.2) is 35.1 Å². The van der Waals surface area contributed by atoms with E-state index in [2.05, 4.69) is 25.7 Å². The minimum Gasteiger partial charge on any atom is -0.497 e. The van der Waals surface area contributed by atoms with Gasteiger partial charge in [0, 0.05) is 46.1 Å². The van der Waals surface area contributed by atoms with E-state index in [1.54, 1.807) is 7.11 Å². The van der Waals surface area contributed by atoms with Gasteiger partial charge in [0.15, 0.2) is 11.5 Å². The molecule has 2 aromatic carbocycles. The molecule has 0 N–H and O–H groups in total. The first-order valence-electron chi connectivity index (χ1n) is 11.1. The van der Waals surface area contributed by atoms with Crippen molar-refractivity contribution in [1.29, 1.82) is 0 Å². The predicted octanol–water partition coefficient (Wildman–Crippen LogP) is 4.30. The van der Waals surface area contributed by atoms with Crippen LogP contribution in [0.2, 0.25) is 0 Å². The van der Waals surface area contributed by atoms with E-state index in [4.69, 9.17) is 19.2 Å². The Hall–Kier alpha value is -3.32. The first kappa shape index (κ1) is 21.5. The molecule has 0 bridgehead atoms. The Labute approximate surface area is 192 Å². The van der Waals surface area contributed by atoms with Gasteiger partial charge < -0.3 is 23.7 Å². The van der Waals surface area contributed by atoms with E-state index >= 15 is 0 Å². The number of hydrogen-bond acceptors (Lipinski definition) is 6. The van der Waals surface area contributed by atoms with E-state index in [-0.39, 0.29) is 17.8 Å². The third-order valence-electron chi connectivity index (χ3n) is 6.17. The monoisotopic (exact) mass is 447 g/mol. The van der Waals surface area contributed by atoms with Crippen LogP contribution in [0.1, 0.15) is 26.5 Å². The van der Waals surface area contributed by atoms with Crippen LogP contribution < -0.4 is 19.8 Å². The average molecular weight is 448 g/mol. The van der Waals surface area contributed by atoms with Gasteiger partial charge in [-0.1, -0.05) is 20.8 Å². The van der Waals surface area contributed by atoms with Crippen molar-refractivity contribution in [3.8, 4) is 17.2 Å². The van der Waals surface area contributed by atoms with Crippen LogP contribution in [-0.4, -0.2) is 49.0 Å². The highest BCUT2D eigenvalue weighted by Crippen LogP contribution is 2.42. The molecule has 2 aromatic heterocycles. The van der Waals surface area contributed by atoms with Crippen LogP contribution in [0.3, 0.4) is 0 Å². The highest BCUT2D eigenvalue weighted by atomic mass is 16.7. The summed E-state index contributed by atoms with van der Waals surface area (Å²) in [5, 5.41) is 3.37. The van der Waals surface area contributed by atoms with E-state index in [0.717, 1.165) is 39.4 Å². The summed E-state index contributed by atoms with van der Waals surface area (Å²) in [6, 6.07) is 9.53. The van der Waals surface area contributed by atoms with Crippen molar-refractivity contribution in [2.45, 2.75) is 32.7 Å². The van der Waals surface area contributed by atoms with Crippen molar-refractivity contribution in [3.05, 3.63) is 46.4 Å². The van der Waals surface area contributed by atoms with Crippen molar-refractivity contribution in [3.63, 3.8) is 0 Å². The molecule has 4 aromatic rings. The smallest absolute Gasteiger partial charge is 0.258 e. The lowest BCUT2D eigenvalue weighted by Gasteiger charge is -2.25. The molecule has 0 radical (unpaired) electrons. The van der Waals surface area contributed by atoms with Gasteiger partial charge in [-0.05, 0) is 38.4 Å². The van der Waals surface area contributed by atoms with Crippen LogP contribution >= 0.6 is 0 Å². The highest BCUT2D eigenvalue weighted by molar-refractivity contribution is 6.16. The van der Waals surface area contributed by atoms with Crippen LogP contribution in [0, 0.1) is 0 Å². The van der Waals surface area contributed by atoms with Gasteiger partial charge in [-0.2, -0.15) is 0 Å². The fourth-order valence-electron chi connectivity index (χ4n) is 4.52. The second kappa shape index (κ2) is 7.63. The second-order valence-corrected chi connectivity index (χ2v) is 9.83. The van der Waals surface area contributed by atoms with Crippen molar-refractivity contribution >= 4 is 32.6 Å². The van der Waals surface area contributed by atoms with Gasteiger partial charge in [-0.15, -0.1) is 0 Å². The minimum atomic E-state index is -0.261. The lowest BCUT2D eigenvalue weighted by molar-refractivity contribution is 0.174. The van der Waals surface area contributed by atoms with Gasteiger partial charge in [0.2, 0.25) is 6.79 Å². The number of benzene rings is 2. The molecule has 0 saturated heterocycles. The number of aromatic nitrogens is 2. The zero-order valence-electron chi connectivity index (χ0n) is 20.0. The molecule has 7 nitrogen and oxygen atoms in total. The molecule has 3 heterocycles. The van der Waals surface area contributed by atoms with Gasteiger partial charge in [0.1, 0.15) is 5.75 Å². The molecular weight excluding hydrogens is 418 g/mol. The summed E-state index contributed by atoms with van der Waals surface area (Å²) in [6.45, 7) is 7.92. The normalized spacial score (nSPS) is 13.5. The van der Waals surface area contributed by atoms with Crippen molar-refractivity contribution in [2.75, 3.05) is 34.5 Å². The van der Waals surface area contributed by atoms with Gasteiger partial charge in [-0.3, -0.25) is 9.78 Å². The number of methoxy groups -OCH3 is 1. The molecule has 0 unspecified atom stereocenters. The lowest BCUT2D eigenvalue weighted by atomic mass is 9.86. The third kappa shape index (κ3) is 3.47. The molecule has 0 atom stereocenters. The maximum Gasteiger partial charge on any atom is 0.258 e. The zero-order chi connectivity index (χ0) is 23.5. The Kier molecular flexibility index (Phi) is 4.97. The van der Waals surface area contributed by atoms with Gasteiger partial charge in [-0.25, -0.2) is 0 Å². The maximum atomic E-state index is 13.8. The lowest BCUT2D eigenvalue weighted by Crippen LogP contribution is -2.28. The largest absolute Gasteiger partial charge is 0.497 e. The van der Waals surface area contributed by atoms with Crippen LogP contribution in [0.5, 0.6) is 17.2 Å². The summed E-state index contributed by atoms with van der Waals surface area (Å²) < 4.78 is 18.7. The summed E-state index contributed by atoms with van der Waals surface area (Å²) >= 11 is 0. The fourth-order valence-corrected chi connectivity index (χ4v) is 4.52. The standard InChI is InChI=1S/C26H29N3O4/c1-26(2,3)24-22-17-11-15(31-6)7-8-16(17)25(30)29(10-9-28(4)5)23(22)18-12-20-21(33-14-32-20)13-19(18)27-24/h7-8,11-13H,9-10,14H2,1-6H3. The van der Waals surface area contributed by atoms with E-state index in [0.29, 0.717) is 29.2 Å². The first-order valence-corrected chi connectivity index (χ1v) is 11.1. The minimum absolute atomic E-state index is 0.0213. The highest BCUT2D eigenvalue weighted by Gasteiger charge is 2.27. The number of ether oxygens (including phenoxy) is 3. The topological polar surface area (TPSA) is 65.8 Å². The molecule has 1 aliphatic heterocycles. The third-order valence-corrected chi connectivity index (χ3v) is 6.17. The molecule has 0 fully saturated rings. The number of fused-ring (bicyclic) bond motifs is 6. The maximum absolute atomic E-state index is 13.8.